The fraction of sp³-hybridized carbons (Fsp3) is 0.143. The lowest BCUT2D eigenvalue weighted by molar-refractivity contribution is 0.102. The molecule has 0 spiro atoms. The van der Waals surface area contributed by atoms with Crippen LogP contribution in [0.25, 0.3) is 16.7 Å². The standard InChI is InChI=1S/C21H19F2N5O3S2/c1-27(33(2,30)31)13-6-7-16-15(11-13)25-21(28(16)14-5-3-4-12(24)10-14)26-20(29)18-9-8-17(32-18)19(22)23/h3-11,19H,24H2,1-2H3,(H,25,26,29). The van der Waals surface area contributed by atoms with E-state index in [4.69, 9.17) is 5.73 Å². The molecule has 0 aliphatic carbocycles. The third-order valence-corrected chi connectivity index (χ3v) is 7.22. The second-order valence-electron chi connectivity index (χ2n) is 7.23. The molecule has 0 saturated heterocycles. The number of hydrogen-bond donors (Lipinski definition) is 2. The highest BCUT2D eigenvalue weighted by atomic mass is 32.2. The Labute approximate surface area is 192 Å². The van der Waals surface area contributed by atoms with E-state index >= 15 is 0 Å². The number of nitrogens with two attached hydrogens (primary N) is 1. The number of nitrogen functional groups attached to an aromatic ring is 1. The molecule has 1 amide bonds. The van der Waals surface area contributed by atoms with Gasteiger partial charge in [0.15, 0.2) is 0 Å². The molecule has 12 heteroatoms. The number of nitrogens with one attached hydrogen (secondary N) is 1. The highest BCUT2D eigenvalue weighted by Crippen LogP contribution is 2.31. The summed E-state index contributed by atoms with van der Waals surface area (Å²) in [4.78, 5) is 17.1. The summed E-state index contributed by atoms with van der Waals surface area (Å²) in [5, 5.41) is 2.67. The Bertz CT molecular complexity index is 1460. The van der Waals surface area contributed by atoms with Gasteiger partial charge in [-0.3, -0.25) is 19.0 Å². The SMILES string of the molecule is CN(c1ccc2c(c1)nc(NC(=O)c1ccc(C(F)F)s1)n2-c1cccc(N)c1)S(C)(=O)=O. The fourth-order valence-electron chi connectivity index (χ4n) is 3.22. The van der Waals surface area contributed by atoms with Crippen molar-refractivity contribution >= 4 is 55.6 Å². The number of nitrogens with zero attached hydrogens (tertiary/aromatic N) is 3. The largest absolute Gasteiger partial charge is 0.399 e. The van der Waals surface area contributed by atoms with E-state index in [-0.39, 0.29) is 15.7 Å². The number of anilines is 3. The number of alkyl halides is 2. The number of aromatic nitrogens is 2. The van der Waals surface area contributed by atoms with E-state index in [0.717, 1.165) is 10.6 Å². The lowest BCUT2D eigenvalue weighted by atomic mass is 10.2. The second kappa shape index (κ2) is 8.45. The summed E-state index contributed by atoms with van der Waals surface area (Å²) in [6.07, 6.45) is -1.58. The van der Waals surface area contributed by atoms with Gasteiger partial charge in [-0.15, -0.1) is 11.3 Å². The van der Waals surface area contributed by atoms with Gasteiger partial charge in [-0.2, -0.15) is 0 Å². The molecule has 2 heterocycles. The van der Waals surface area contributed by atoms with Crippen molar-refractivity contribution < 1.29 is 22.0 Å². The van der Waals surface area contributed by atoms with E-state index in [9.17, 15) is 22.0 Å². The highest BCUT2D eigenvalue weighted by Gasteiger charge is 2.20. The van der Waals surface area contributed by atoms with E-state index in [1.807, 2.05) is 0 Å². The van der Waals surface area contributed by atoms with Crippen molar-refractivity contribution in [2.45, 2.75) is 6.43 Å². The number of halogens is 2. The van der Waals surface area contributed by atoms with Gasteiger partial charge < -0.3 is 5.73 Å². The third kappa shape index (κ3) is 4.52. The topological polar surface area (TPSA) is 110 Å². The summed E-state index contributed by atoms with van der Waals surface area (Å²) < 4.78 is 52.5. The van der Waals surface area contributed by atoms with Gasteiger partial charge in [0.1, 0.15) is 0 Å². The van der Waals surface area contributed by atoms with Crippen molar-refractivity contribution in [3.05, 3.63) is 64.4 Å². The molecule has 0 aliphatic rings. The average molecular weight is 492 g/mol. The molecular weight excluding hydrogens is 472 g/mol. The van der Waals surface area contributed by atoms with Crippen LogP contribution in [0.3, 0.4) is 0 Å². The van der Waals surface area contributed by atoms with Crippen molar-refractivity contribution in [1.29, 1.82) is 0 Å². The number of rotatable bonds is 6. The molecule has 4 rings (SSSR count). The maximum Gasteiger partial charge on any atom is 0.272 e. The number of imidazole rings is 1. The fourth-order valence-corrected chi connectivity index (χ4v) is 4.48. The van der Waals surface area contributed by atoms with Crippen molar-refractivity contribution in [1.82, 2.24) is 9.55 Å². The number of benzene rings is 2. The first-order valence-electron chi connectivity index (χ1n) is 9.56. The highest BCUT2D eigenvalue weighted by molar-refractivity contribution is 7.92. The number of amides is 1. The van der Waals surface area contributed by atoms with Gasteiger partial charge in [0.25, 0.3) is 12.3 Å². The molecule has 33 heavy (non-hydrogen) atoms. The van der Waals surface area contributed by atoms with Crippen LogP contribution in [0.2, 0.25) is 0 Å². The first kappa shape index (κ1) is 22.7. The van der Waals surface area contributed by atoms with Crippen LogP contribution in [0.4, 0.5) is 26.1 Å². The zero-order valence-electron chi connectivity index (χ0n) is 17.5. The van der Waals surface area contributed by atoms with Gasteiger partial charge in [-0.25, -0.2) is 22.2 Å². The molecule has 4 aromatic rings. The predicted octanol–water partition coefficient (Wildman–Crippen LogP) is 4.25. The van der Waals surface area contributed by atoms with Crippen LogP contribution in [-0.2, 0) is 10.0 Å². The third-order valence-electron chi connectivity index (χ3n) is 4.92. The van der Waals surface area contributed by atoms with Crippen LogP contribution in [0, 0.1) is 0 Å². The second-order valence-corrected chi connectivity index (χ2v) is 10.4. The Hall–Kier alpha value is -3.51. The molecule has 172 valence electrons. The van der Waals surface area contributed by atoms with Crippen LogP contribution < -0.4 is 15.4 Å². The van der Waals surface area contributed by atoms with Gasteiger partial charge in [0.05, 0.1) is 38.4 Å². The zero-order valence-corrected chi connectivity index (χ0v) is 19.1. The molecule has 0 atom stereocenters. The number of sulfonamides is 1. The number of fused-ring (bicyclic) bond motifs is 1. The minimum Gasteiger partial charge on any atom is -0.399 e. The summed E-state index contributed by atoms with van der Waals surface area (Å²) in [6, 6.07) is 14.3. The predicted molar refractivity (Wildman–Crippen MR) is 126 cm³/mol. The molecule has 0 aliphatic heterocycles. The molecule has 0 bridgehead atoms. The lowest BCUT2D eigenvalue weighted by Crippen LogP contribution is -2.24. The van der Waals surface area contributed by atoms with E-state index in [1.54, 1.807) is 47.0 Å². The molecule has 2 aromatic carbocycles. The van der Waals surface area contributed by atoms with Crippen molar-refractivity contribution in [2.24, 2.45) is 0 Å². The first-order chi connectivity index (χ1) is 15.5. The van der Waals surface area contributed by atoms with Crippen molar-refractivity contribution in [3.63, 3.8) is 0 Å². The minimum absolute atomic E-state index is 0.106. The van der Waals surface area contributed by atoms with Crippen LogP contribution >= 0.6 is 11.3 Å². The van der Waals surface area contributed by atoms with Crippen molar-refractivity contribution in [3.8, 4) is 5.69 Å². The first-order valence-corrected chi connectivity index (χ1v) is 12.2. The number of hydrogen-bond acceptors (Lipinski definition) is 6. The molecular formula is C21H19F2N5O3S2. The Morgan fingerprint density at radius 1 is 1.18 bits per heavy atom. The summed E-state index contributed by atoms with van der Waals surface area (Å²) in [6.45, 7) is 0. The van der Waals surface area contributed by atoms with Crippen LogP contribution in [0.5, 0.6) is 0 Å². The Morgan fingerprint density at radius 2 is 1.94 bits per heavy atom. The zero-order chi connectivity index (χ0) is 23.9. The summed E-state index contributed by atoms with van der Waals surface area (Å²) in [5.74, 6) is -0.465. The monoisotopic (exact) mass is 491 g/mol. The molecule has 0 unspecified atom stereocenters. The quantitative estimate of drug-likeness (QED) is 0.392. The normalized spacial score (nSPS) is 11.8. The maximum absolute atomic E-state index is 12.9. The van der Waals surface area contributed by atoms with Crippen molar-refractivity contribution in [2.75, 3.05) is 28.7 Å². The molecule has 0 radical (unpaired) electrons. The number of carbonyl (C=O) groups excluding carboxylic acids is 1. The molecule has 0 saturated carbocycles. The van der Waals surface area contributed by atoms with Crippen LogP contribution in [0.15, 0.2) is 54.6 Å². The minimum atomic E-state index is -3.49. The van der Waals surface area contributed by atoms with Crippen LogP contribution in [0.1, 0.15) is 21.0 Å². The van der Waals surface area contributed by atoms with Gasteiger partial charge >= 0.3 is 0 Å². The lowest BCUT2D eigenvalue weighted by Gasteiger charge is -2.16. The van der Waals surface area contributed by atoms with Gasteiger partial charge in [-0.05, 0) is 48.5 Å². The van der Waals surface area contributed by atoms with Gasteiger partial charge in [0, 0.05) is 12.7 Å². The molecule has 8 nitrogen and oxygen atoms in total. The summed E-state index contributed by atoms with van der Waals surface area (Å²) in [5.41, 5.74) is 8.41. The van der Waals surface area contributed by atoms with E-state index in [1.165, 1.54) is 19.2 Å². The Kier molecular flexibility index (Phi) is 5.80. The molecule has 2 aromatic heterocycles. The maximum atomic E-state index is 12.9. The van der Waals surface area contributed by atoms with E-state index < -0.39 is 22.4 Å². The molecule has 3 N–H and O–H groups in total. The Morgan fingerprint density at radius 3 is 2.58 bits per heavy atom. The average Bonchev–Trinajstić information content (AvgIpc) is 3.37. The summed E-state index contributed by atoms with van der Waals surface area (Å²) in [7, 11) is -2.07. The molecule has 0 fully saturated rings. The van der Waals surface area contributed by atoms with Gasteiger partial charge in [0.2, 0.25) is 16.0 Å². The summed E-state index contributed by atoms with van der Waals surface area (Å²) >= 11 is 0.696. The van der Waals surface area contributed by atoms with E-state index in [0.29, 0.717) is 39.4 Å². The van der Waals surface area contributed by atoms with Gasteiger partial charge in [-0.1, -0.05) is 6.07 Å². The van der Waals surface area contributed by atoms with Crippen LogP contribution in [-0.4, -0.2) is 37.2 Å². The Balaban J connectivity index is 1.82. The number of carbonyl (C=O) groups is 1. The number of thiophene rings is 1. The van der Waals surface area contributed by atoms with E-state index in [2.05, 4.69) is 10.3 Å². The smallest absolute Gasteiger partial charge is 0.272 e.